The molecule has 2 aliphatic rings. The van der Waals surface area contributed by atoms with Crippen molar-refractivity contribution in [1.82, 2.24) is 16.0 Å². The Morgan fingerprint density at radius 3 is 1.96 bits per heavy atom. The van der Waals surface area contributed by atoms with Crippen molar-refractivity contribution < 1.29 is 94.0 Å². The van der Waals surface area contributed by atoms with E-state index in [1.54, 1.807) is 0 Å². The van der Waals surface area contributed by atoms with Crippen LogP contribution >= 0.6 is 0 Å². The fourth-order valence-electron chi connectivity index (χ4n) is 5.36. The molecule has 22 nitrogen and oxygen atoms in total. The van der Waals surface area contributed by atoms with Crippen LogP contribution in [0.1, 0.15) is 27.2 Å². The molecule has 0 bridgehead atoms. The van der Waals surface area contributed by atoms with Crippen molar-refractivity contribution in [2.24, 2.45) is 0 Å². The highest BCUT2D eigenvalue weighted by Crippen LogP contribution is 2.35. The van der Waals surface area contributed by atoms with E-state index < -0.39 is 141 Å². The van der Waals surface area contributed by atoms with Crippen molar-refractivity contribution in [2.45, 2.75) is 118 Å². The van der Waals surface area contributed by atoms with Crippen molar-refractivity contribution in [3.8, 4) is 0 Å². The van der Waals surface area contributed by atoms with E-state index in [2.05, 4.69) is 16.0 Å². The molecule has 0 spiro atoms. The summed E-state index contributed by atoms with van der Waals surface area (Å²) in [5, 5.41) is 110. The molecule has 0 aromatic carbocycles. The lowest BCUT2D eigenvalue weighted by molar-refractivity contribution is -0.336. The molecule has 2 aliphatic heterocycles. The molecule has 13 N–H and O–H groups in total. The van der Waals surface area contributed by atoms with Crippen LogP contribution in [0.4, 0.5) is 0 Å². The van der Waals surface area contributed by atoms with E-state index >= 15 is 0 Å². The summed E-state index contributed by atoms with van der Waals surface area (Å²) in [5.74, 6) is -7.13. The van der Waals surface area contributed by atoms with Gasteiger partial charge in [-0.15, -0.1) is 0 Å². The number of carbonyl (C=O) groups excluding carboxylic acids is 4. The molecule has 3 amide bonds. The molecule has 22 heteroatoms. The number of aldehydes is 1. The maximum atomic E-state index is 12.5. The maximum Gasteiger partial charge on any atom is 0.364 e. The lowest BCUT2D eigenvalue weighted by Crippen LogP contribution is -2.69. The van der Waals surface area contributed by atoms with Gasteiger partial charge in [0.05, 0.1) is 32.0 Å². The summed E-state index contributed by atoms with van der Waals surface area (Å²) in [6.07, 6.45) is -22.4. The Morgan fingerprint density at radius 1 is 0.898 bits per heavy atom. The lowest BCUT2D eigenvalue weighted by Gasteiger charge is -2.48. The molecule has 0 saturated carbocycles. The molecule has 2 rings (SSSR count). The van der Waals surface area contributed by atoms with Crippen LogP contribution in [-0.2, 0) is 42.9 Å². The third-order valence-electron chi connectivity index (χ3n) is 7.82. The second kappa shape index (κ2) is 18.3. The minimum atomic E-state index is -2.89. The van der Waals surface area contributed by atoms with Crippen LogP contribution in [0.15, 0.2) is 0 Å². The number of amides is 3. The Morgan fingerprint density at radius 2 is 1.47 bits per heavy atom. The van der Waals surface area contributed by atoms with Crippen LogP contribution in [-0.4, -0.2) is 192 Å². The number of aliphatic hydroxyl groups excluding tert-OH is 9. The SMILES string of the molecule is CC(=O)N[C@H]1[C@H](O[C@@H]([C@H](O)[C@H](C=O)NC(C)=O)[C@H](O)CO)O[C@H](CO[C@]2(C(=O)O)C[C@H](O)[C@@H](NC(C)=O)[C@H]([C@H](O)[C@H](O)CO)O2)[C@H](O)[C@@H]1O. The first kappa shape index (κ1) is 42.2. The van der Waals surface area contributed by atoms with Gasteiger partial charge >= 0.3 is 5.97 Å². The number of carboxylic acid groups (broad SMARTS) is 1. The number of ether oxygens (including phenoxy) is 4. The monoisotopic (exact) mass is 715 g/mol. The van der Waals surface area contributed by atoms with Gasteiger partial charge in [-0.3, -0.25) is 14.4 Å². The fraction of sp³-hybridized carbons (Fsp3) is 0.815. The van der Waals surface area contributed by atoms with Crippen LogP contribution in [0, 0.1) is 0 Å². The van der Waals surface area contributed by atoms with Crippen molar-refractivity contribution in [2.75, 3.05) is 19.8 Å². The third kappa shape index (κ3) is 10.5. The number of nitrogens with one attached hydrogen (secondary N) is 3. The number of aliphatic hydroxyl groups is 9. The molecular formula is C27H45N3O19. The first-order chi connectivity index (χ1) is 22.8. The van der Waals surface area contributed by atoms with Crippen LogP contribution in [0.3, 0.4) is 0 Å². The molecule has 0 radical (unpaired) electrons. The van der Waals surface area contributed by atoms with Crippen LogP contribution in [0.2, 0.25) is 0 Å². The number of carbonyl (C=O) groups is 5. The summed E-state index contributed by atoms with van der Waals surface area (Å²) >= 11 is 0. The van der Waals surface area contributed by atoms with E-state index in [0.29, 0.717) is 0 Å². The van der Waals surface area contributed by atoms with Gasteiger partial charge in [-0.2, -0.15) is 0 Å². The fourth-order valence-corrected chi connectivity index (χ4v) is 5.36. The Kier molecular flexibility index (Phi) is 15.8. The second-order valence-electron chi connectivity index (χ2n) is 11.6. The highest BCUT2D eigenvalue weighted by Gasteiger charge is 2.57. The Hall–Kier alpha value is -2.97. The Balaban J connectivity index is 2.45. The molecule has 282 valence electrons. The molecular weight excluding hydrogens is 670 g/mol. The second-order valence-corrected chi connectivity index (χ2v) is 11.6. The van der Waals surface area contributed by atoms with Gasteiger partial charge in [0.25, 0.3) is 5.79 Å². The molecule has 49 heavy (non-hydrogen) atoms. The summed E-state index contributed by atoms with van der Waals surface area (Å²) < 4.78 is 22.2. The zero-order valence-electron chi connectivity index (χ0n) is 26.6. The highest BCUT2D eigenvalue weighted by atomic mass is 16.7. The zero-order valence-corrected chi connectivity index (χ0v) is 26.6. The zero-order chi connectivity index (χ0) is 37.4. The first-order valence-electron chi connectivity index (χ1n) is 14.9. The van der Waals surface area contributed by atoms with Gasteiger partial charge in [-0.25, -0.2) is 4.79 Å². The van der Waals surface area contributed by atoms with E-state index in [9.17, 15) is 75.0 Å². The number of hydrogen-bond acceptors (Lipinski definition) is 18. The summed E-state index contributed by atoms with van der Waals surface area (Å²) in [6.45, 7) is -0.0947. The molecule has 0 unspecified atom stereocenters. The van der Waals surface area contributed by atoms with Gasteiger partial charge in [-0.05, 0) is 0 Å². The molecule has 0 aliphatic carbocycles. The number of rotatable bonds is 17. The topological polar surface area (TPSA) is 361 Å². The number of hydrogen-bond donors (Lipinski definition) is 13. The lowest BCUT2D eigenvalue weighted by atomic mass is 9.88. The normalized spacial score (nSPS) is 34.0. The summed E-state index contributed by atoms with van der Waals surface area (Å²) in [6, 6.07) is -4.91. The van der Waals surface area contributed by atoms with Gasteiger partial charge < -0.3 is 90.8 Å². The molecule has 15 atom stereocenters. The summed E-state index contributed by atoms with van der Waals surface area (Å²) in [4.78, 5) is 59.3. The largest absolute Gasteiger partial charge is 0.477 e. The Bertz CT molecular complexity index is 1150. The van der Waals surface area contributed by atoms with Gasteiger partial charge in [0.15, 0.2) is 6.29 Å². The van der Waals surface area contributed by atoms with E-state index in [1.165, 1.54) is 0 Å². The van der Waals surface area contributed by atoms with Crippen molar-refractivity contribution in [3.63, 3.8) is 0 Å². The van der Waals surface area contributed by atoms with Gasteiger partial charge in [0.1, 0.15) is 73.3 Å². The Labute approximate surface area is 278 Å². The van der Waals surface area contributed by atoms with Crippen molar-refractivity contribution >= 4 is 30.0 Å². The molecule has 0 aromatic heterocycles. The molecule has 2 saturated heterocycles. The molecule has 2 fully saturated rings. The van der Waals surface area contributed by atoms with E-state index in [4.69, 9.17) is 18.9 Å². The van der Waals surface area contributed by atoms with Crippen molar-refractivity contribution in [3.05, 3.63) is 0 Å². The summed E-state index contributed by atoms with van der Waals surface area (Å²) in [7, 11) is 0. The maximum absolute atomic E-state index is 12.5. The van der Waals surface area contributed by atoms with Gasteiger partial charge in [0.2, 0.25) is 17.7 Å². The standard InChI is InChI=1S/C27H45N3O19/c1-9(34)28-12(5-31)19(40)23(15(39)7-33)48-25-18(30-11(3)36)22(43)21(42)16(47-25)8-46-27(26(44)45)4-13(37)17(29-10(2)35)24(49-27)20(41)14(38)6-32/h5,12-25,32-33,37-43H,4,6-8H2,1-3H3,(H,28,34)(H,29,35)(H,30,36)(H,44,45)/t12-,13-,14+,15+,16+,17+,18+,19+,20+,21-,22+,23+,24+,25-,27+/m0/s1. The van der Waals surface area contributed by atoms with E-state index in [1.807, 2.05) is 0 Å². The average molecular weight is 716 g/mol. The minimum absolute atomic E-state index is 0.0962. The predicted octanol–water partition coefficient (Wildman–Crippen LogP) is -8.09. The molecule has 2 heterocycles. The predicted molar refractivity (Wildman–Crippen MR) is 154 cm³/mol. The highest BCUT2D eigenvalue weighted by molar-refractivity contribution is 5.78. The van der Waals surface area contributed by atoms with Gasteiger partial charge in [0, 0.05) is 27.2 Å². The van der Waals surface area contributed by atoms with E-state index in [-0.39, 0.29) is 6.29 Å². The smallest absolute Gasteiger partial charge is 0.364 e. The van der Waals surface area contributed by atoms with Crippen LogP contribution in [0.5, 0.6) is 0 Å². The first-order valence-corrected chi connectivity index (χ1v) is 14.9. The van der Waals surface area contributed by atoms with Crippen LogP contribution in [0.25, 0.3) is 0 Å². The van der Waals surface area contributed by atoms with E-state index in [0.717, 1.165) is 20.8 Å². The third-order valence-corrected chi connectivity index (χ3v) is 7.82. The van der Waals surface area contributed by atoms with Crippen molar-refractivity contribution in [1.29, 1.82) is 0 Å². The van der Waals surface area contributed by atoms with Crippen LogP contribution < -0.4 is 16.0 Å². The molecule has 0 aromatic rings. The van der Waals surface area contributed by atoms with Gasteiger partial charge in [-0.1, -0.05) is 0 Å². The number of carboxylic acids is 1. The number of aliphatic carboxylic acids is 1. The quantitative estimate of drug-likeness (QED) is 0.0622. The summed E-state index contributed by atoms with van der Waals surface area (Å²) in [5.41, 5.74) is 0. The average Bonchev–Trinajstić information content (AvgIpc) is 3.03. The minimum Gasteiger partial charge on any atom is -0.477 e.